The van der Waals surface area contributed by atoms with E-state index in [1.807, 2.05) is 30.3 Å². The van der Waals surface area contributed by atoms with Gasteiger partial charge >= 0.3 is 0 Å². The van der Waals surface area contributed by atoms with Crippen LogP contribution < -0.4 is 4.74 Å². The van der Waals surface area contributed by atoms with Gasteiger partial charge in [0.25, 0.3) is 0 Å². The number of ether oxygens (including phenoxy) is 1. The summed E-state index contributed by atoms with van der Waals surface area (Å²) in [7, 11) is 4.24. The fraction of sp³-hybridized carbons (Fsp3) is 0.500. The molecule has 2 aromatic rings. The predicted octanol–water partition coefficient (Wildman–Crippen LogP) is 2.65. The van der Waals surface area contributed by atoms with Crippen LogP contribution in [-0.2, 0) is 13.2 Å². The van der Waals surface area contributed by atoms with E-state index in [2.05, 4.69) is 41.0 Å². The van der Waals surface area contributed by atoms with Gasteiger partial charge in [-0.15, -0.1) is 0 Å². The van der Waals surface area contributed by atoms with Gasteiger partial charge in [0.1, 0.15) is 12.4 Å². The molecule has 1 aromatic heterocycles. The number of piperidine rings is 1. The van der Waals surface area contributed by atoms with E-state index in [4.69, 9.17) is 4.74 Å². The van der Waals surface area contributed by atoms with Crippen LogP contribution in [0.5, 0.6) is 5.75 Å². The molecule has 0 aliphatic carbocycles. The van der Waals surface area contributed by atoms with E-state index < -0.39 is 0 Å². The van der Waals surface area contributed by atoms with Crippen LogP contribution in [-0.4, -0.2) is 60.2 Å². The smallest absolute Gasteiger partial charge is 0.130 e. The van der Waals surface area contributed by atoms with Gasteiger partial charge in [-0.05, 0) is 62.2 Å². The van der Waals surface area contributed by atoms with Crippen molar-refractivity contribution in [2.24, 2.45) is 11.8 Å². The molecule has 0 amide bonds. The van der Waals surface area contributed by atoms with Crippen LogP contribution in [0.1, 0.15) is 17.7 Å². The Morgan fingerprint density at radius 1 is 1.15 bits per heavy atom. The number of aromatic nitrogens is 1. The van der Waals surface area contributed by atoms with Crippen molar-refractivity contribution in [3.8, 4) is 5.75 Å². The molecule has 1 aliphatic heterocycles. The fourth-order valence-corrected chi connectivity index (χ4v) is 3.97. The van der Waals surface area contributed by atoms with Crippen molar-refractivity contribution in [3.63, 3.8) is 0 Å². The summed E-state index contributed by atoms with van der Waals surface area (Å²) in [6.07, 6.45) is 2.89. The van der Waals surface area contributed by atoms with Gasteiger partial charge < -0.3 is 14.7 Å². The SMILES string of the molecule is CN(C)C[C@@H]1C[C@@H](CO)CN(Cc2cccc(OCc3ccccn3)c2)C1. The molecule has 5 heteroatoms. The van der Waals surface area contributed by atoms with Crippen molar-refractivity contribution in [2.45, 2.75) is 19.6 Å². The maximum absolute atomic E-state index is 9.68. The van der Waals surface area contributed by atoms with Crippen molar-refractivity contribution in [1.82, 2.24) is 14.8 Å². The molecule has 146 valence electrons. The third kappa shape index (κ3) is 6.31. The minimum Gasteiger partial charge on any atom is -0.487 e. The molecule has 1 aromatic carbocycles. The zero-order chi connectivity index (χ0) is 19.1. The summed E-state index contributed by atoms with van der Waals surface area (Å²) in [4.78, 5) is 9.01. The average Bonchev–Trinajstić information content (AvgIpc) is 2.67. The Morgan fingerprint density at radius 2 is 2.00 bits per heavy atom. The first-order chi connectivity index (χ1) is 13.1. The zero-order valence-electron chi connectivity index (χ0n) is 16.4. The predicted molar refractivity (Wildman–Crippen MR) is 108 cm³/mol. The molecule has 0 unspecified atom stereocenters. The van der Waals surface area contributed by atoms with Crippen molar-refractivity contribution in [1.29, 1.82) is 0 Å². The number of hydrogen-bond donors (Lipinski definition) is 1. The zero-order valence-corrected chi connectivity index (χ0v) is 16.4. The lowest BCUT2D eigenvalue weighted by molar-refractivity contribution is 0.0692. The Kier molecular flexibility index (Phi) is 7.21. The van der Waals surface area contributed by atoms with Crippen LogP contribution in [0.2, 0.25) is 0 Å². The Balaban J connectivity index is 1.59. The van der Waals surface area contributed by atoms with Gasteiger partial charge in [0, 0.05) is 39.0 Å². The quantitative estimate of drug-likeness (QED) is 0.775. The highest BCUT2D eigenvalue weighted by Gasteiger charge is 2.27. The second-order valence-corrected chi connectivity index (χ2v) is 7.86. The van der Waals surface area contributed by atoms with Crippen LogP contribution in [0.4, 0.5) is 0 Å². The summed E-state index contributed by atoms with van der Waals surface area (Å²) < 4.78 is 5.91. The van der Waals surface area contributed by atoms with Gasteiger partial charge in [-0.2, -0.15) is 0 Å². The Morgan fingerprint density at radius 3 is 2.74 bits per heavy atom. The summed E-state index contributed by atoms with van der Waals surface area (Å²) in [5, 5.41) is 9.68. The molecular formula is C22H31N3O2. The van der Waals surface area contributed by atoms with Gasteiger partial charge in [0.05, 0.1) is 5.69 Å². The van der Waals surface area contributed by atoms with Crippen LogP contribution >= 0.6 is 0 Å². The first kappa shape index (κ1) is 19.8. The van der Waals surface area contributed by atoms with Gasteiger partial charge in [-0.3, -0.25) is 9.88 Å². The van der Waals surface area contributed by atoms with E-state index in [0.29, 0.717) is 18.4 Å². The standard InChI is InChI=1S/C22H31N3O2/c1-24(2)12-19-10-20(16-26)15-25(14-19)13-18-6-5-8-22(11-18)27-17-21-7-3-4-9-23-21/h3-9,11,19-20,26H,10,12-17H2,1-2H3/t19-,20+/m0/s1. The summed E-state index contributed by atoms with van der Waals surface area (Å²) in [6, 6.07) is 14.2. The van der Waals surface area contributed by atoms with E-state index in [0.717, 1.165) is 44.0 Å². The molecule has 2 atom stereocenters. The third-order valence-electron chi connectivity index (χ3n) is 5.00. The second-order valence-electron chi connectivity index (χ2n) is 7.86. The number of pyridine rings is 1. The summed E-state index contributed by atoms with van der Waals surface area (Å²) in [5.41, 5.74) is 2.17. The Labute approximate surface area is 162 Å². The molecule has 1 saturated heterocycles. The molecule has 0 bridgehead atoms. The summed E-state index contributed by atoms with van der Waals surface area (Å²) >= 11 is 0. The topological polar surface area (TPSA) is 48.8 Å². The third-order valence-corrected chi connectivity index (χ3v) is 5.00. The number of rotatable bonds is 8. The number of aliphatic hydroxyl groups excluding tert-OH is 1. The van der Waals surface area contributed by atoms with Crippen molar-refractivity contribution in [2.75, 3.05) is 40.3 Å². The maximum Gasteiger partial charge on any atom is 0.130 e. The number of nitrogens with zero attached hydrogens (tertiary/aromatic N) is 3. The molecule has 3 rings (SSSR count). The van der Waals surface area contributed by atoms with Crippen LogP contribution in [0.15, 0.2) is 48.7 Å². The first-order valence-corrected chi connectivity index (χ1v) is 9.72. The monoisotopic (exact) mass is 369 g/mol. The number of hydrogen-bond acceptors (Lipinski definition) is 5. The summed E-state index contributed by atoms with van der Waals surface area (Å²) in [5.74, 6) is 1.85. The van der Waals surface area contributed by atoms with Crippen LogP contribution in [0.3, 0.4) is 0 Å². The van der Waals surface area contributed by atoms with Crippen LogP contribution in [0.25, 0.3) is 0 Å². The molecule has 0 saturated carbocycles. The Hall–Kier alpha value is -1.95. The average molecular weight is 370 g/mol. The molecule has 0 spiro atoms. The summed E-state index contributed by atoms with van der Waals surface area (Å²) in [6.45, 7) is 4.74. The molecular weight excluding hydrogens is 338 g/mol. The van der Waals surface area contributed by atoms with Crippen molar-refractivity contribution in [3.05, 3.63) is 59.9 Å². The fourth-order valence-electron chi connectivity index (χ4n) is 3.97. The van der Waals surface area contributed by atoms with Gasteiger partial charge in [0.2, 0.25) is 0 Å². The minimum atomic E-state index is 0.271. The van der Waals surface area contributed by atoms with Gasteiger partial charge in [0.15, 0.2) is 0 Å². The normalized spacial score (nSPS) is 20.7. The van der Waals surface area contributed by atoms with E-state index in [1.54, 1.807) is 6.20 Å². The van der Waals surface area contributed by atoms with Crippen LogP contribution in [0, 0.1) is 11.8 Å². The molecule has 5 nitrogen and oxygen atoms in total. The molecule has 1 fully saturated rings. The highest BCUT2D eigenvalue weighted by Crippen LogP contribution is 2.24. The molecule has 1 aliphatic rings. The highest BCUT2D eigenvalue weighted by atomic mass is 16.5. The van der Waals surface area contributed by atoms with Crippen molar-refractivity contribution >= 4 is 0 Å². The van der Waals surface area contributed by atoms with Crippen molar-refractivity contribution < 1.29 is 9.84 Å². The number of likely N-dealkylation sites (tertiary alicyclic amines) is 1. The molecule has 27 heavy (non-hydrogen) atoms. The lowest BCUT2D eigenvalue weighted by atomic mass is 9.89. The number of aliphatic hydroxyl groups is 1. The van der Waals surface area contributed by atoms with Gasteiger partial charge in [-0.1, -0.05) is 18.2 Å². The number of benzene rings is 1. The Bertz CT molecular complexity index is 693. The van der Waals surface area contributed by atoms with Gasteiger partial charge in [-0.25, -0.2) is 0 Å². The minimum absolute atomic E-state index is 0.271. The lowest BCUT2D eigenvalue weighted by Crippen LogP contribution is -2.44. The highest BCUT2D eigenvalue weighted by molar-refractivity contribution is 5.28. The first-order valence-electron chi connectivity index (χ1n) is 9.72. The lowest BCUT2D eigenvalue weighted by Gasteiger charge is -2.38. The van der Waals surface area contributed by atoms with E-state index in [1.165, 1.54) is 5.56 Å². The van der Waals surface area contributed by atoms with E-state index in [-0.39, 0.29) is 6.61 Å². The van der Waals surface area contributed by atoms with E-state index >= 15 is 0 Å². The molecule has 1 N–H and O–H groups in total. The molecule has 2 heterocycles. The second kappa shape index (κ2) is 9.83. The van der Waals surface area contributed by atoms with E-state index in [9.17, 15) is 5.11 Å². The maximum atomic E-state index is 9.68. The molecule has 0 radical (unpaired) electrons. The largest absolute Gasteiger partial charge is 0.487 e.